The largest absolute Gasteiger partial charge is 0.345 e. The van der Waals surface area contributed by atoms with Crippen LogP contribution in [0.4, 0.5) is 10.8 Å². The Morgan fingerprint density at radius 3 is 2.60 bits per heavy atom. The van der Waals surface area contributed by atoms with Gasteiger partial charge in [0.2, 0.25) is 0 Å². The molecule has 3 heterocycles. The van der Waals surface area contributed by atoms with Crippen LogP contribution in [0.25, 0.3) is 15.9 Å². The van der Waals surface area contributed by atoms with Crippen LogP contribution in [0, 0.1) is 0 Å². The van der Waals surface area contributed by atoms with Gasteiger partial charge in [-0.3, -0.25) is 4.79 Å². The predicted molar refractivity (Wildman–Crippen MR) is 123 cm³/mol. The third kappa shape index (κ3) is 3.81. The van der Waals surface area contributed by atoms with E-state index in [0.29, 0.717) is 5.56 Å². The second-order valence-electron chi connectivity index (χ2n) is 7.56. The molecule has 1 saturated heterocycles. The Morgan fingerprint density at radius 2 is 1.80 bits per heavy atom. The van der Waals surface area contributed by atoms with Gasteiger partial charge in [-0.15, -0.1) is 0 Å². The molecule has 0 saturated carbocycles. The zero-order valence-corrected chi connectivity index (χ0v) is 17.6. The molecule has 0 spiro atoms. The Labute approximate surface area is 179 Å². The number of thiazole rings is 1. The zero-order chi connectivity index (χ0) is 20.5. The van der Waals surface area contributed by atoms with E-state index < -0.39 is 0 Å². The van der Waals surface area contributed by atoms with Crippen molar-refractivity contribution in [2.75, 3.05) is 43.4 Å². The van der Waals surface area contributed by atoms with Gasteiger partial charge in [0.05, 0.1) is 10.2 Å². The van der Waals surface area contributed by atoms with Gasteiger partial charge in [-0.25, -0.2) is 4.98 Å². The van der Waals surface area contributed by atoms with Crippen LogP contribution in [-0.4, -0.2) is 53.6 Å². The van der Waals surface area contributed by atoms with Crippen molar-refractivity contribution in [2.45, 2.75) is 0 Å². The molecular formula is C23H23N5OS. The van der Waals surface area contributed by atoms with Crippen LogP contribution >= 0.6 is 11.3 Å². The van der Waals surface area contributed by atoms with Gasteiger partial charge in [0.25, 0.3) is 5.91 Å². The fraction of sp³-hybridized carbons (Fsp3) is 0.217. The highest BCUT2D eigenvalue weighted by Gasteiger charge is 2.18. The summed E-state index contributed by atoms with van der Waals surface area (Å²) in [6.07, 6.45) is 3.93. The maximum absolute atomic E-state index is 12.8. The minimum atomic E-state index is -0.118. The molecule has 0 bridgehead atoms. The Hall–Kier alpha value is -3.16. The Bertz CT molecular complexity index is 1180. The van der Waals surface area contributed by atoms with Crippen molar-refractivity contribution in [3.63, 3.8) is 0 Å². The number of anilines is 2. The number of nitrogens with one attached hydrogen (secondary N) is 1. The van der Waals surface area contributed by atoms with E-state index in [0.717, 1.165) is 52.9 Å². The summed E-state index contributed by atoms with van der Waals surface area (Å²) >= 11 is 1.68. The van der Waals surface area contributed by atoms with E-state index in [2.05, 4.69) is 22.2 Å². The number of piperazine rings is 1. The van der Waals surface area contributed by atoms with Crippen LogP contribution < -0.4 is 10.2 Å². The second-order valence-corrected chi connectivity index (χ2v) is 8.57. The summed E-state index contributed by atoms with van der Waals surface area (Å²) in [5.74, 6) is -0.118. The number of hydrogen-bond acceptors (Lipinski definition) is 5. The lowest BCUT2D eigenvalue weighted by Crippen LogP contribution is -2.44. The van der Waals surface area contributed by atoms with E-state index >= 15 is 0 Å². The monoisotopic (exact) mass is 417 g/mol. The number of fused-ring (bicyclic) bond motifs is 1. The molecule has 0 radical (unpaired) electrons. The Kier molecular flexibility index (Phi) is 4.98. The molecular weight excluding hydrogens is 394 g/mol. The van der Waals surface area contributed by atoms with E-state index in [-0.39, 0.29) is 5.91 Å². The average molecular weight is 418 g/mol. The summed E-state index contributed by atoms with van der Waals surface area (Å²) in [6, 6.07) is 17.5. The molecule has 0 atom stereocenters. The van der Waals surface area contributed by atoms with Crippen molar-refractivity contribution in [2.24, 2.45) is 0 Å². The first-order valence-corrected chi connectivity index (χ1v) is 10.9. The van der Waals surface area contributed by atoms with Crippen molar-refractivity contribution in [1.29, 1.82) is 0 Å². The van der Waals surface area contributed by atoms with E-state index in [4.69, 9.17) is 4.98 Å². The number of likely N-dealkylation sites (N-methyl/N-ethyl adjacent to an activating group) is 1. The lowest BCUT2D eigenvalue weighted by molar-refractivity contribution is 0.102. The molecule has 0 aliphatic carbocycles. The predicted octanol–water partition coefficient (Wildman–Crippen LogP) is 4.09. The van der Waals surface area contributed by atoms with Gasteiger partial charge in [-0.2, -0.15) is 0 Å². The first kappa shape index (κ1) is 18.8. The van der Waals surface area contributed by atoms with Gasteiger partial charge in [0, 0.05) is 55.5 Å². The standard InChI is InChI=1S/C23H23N5OS/c1-26-11-13-28(14-12-26)23-25-20-8-7-18(16-21(20)30-23)24-22(29)17-5-4-6-19(15-17)27-9-2-3-10-27/h2-10,15-16H,11-14H2,1H3,(H,24,29). The molecule has 1 aliphatic rings. The van der Waals surface area contributed by atoms with Crippen LogP contribution in [0.1, 0.15) is 10.4 Å². The molecule has 0 unspecified atom stereocenters. The van der Waals surface area contributed by atoms with Crippen molar-refractivity contribution >= 4 is 38.3 Å². The maximum Gasteiger partial charge on any atom is 0.255 e. The third-order valence-corrected chi connectivity index (χ3v) is 6.50. The lowest BCUT2D eigenvalue weighted by Gasteiger charge is -2.31. The zero-order valence-electron chi connectivity index (χ0n) is 16.8. The van der Waals surface area contributed by atoms with Crippen LogP contribution in [0.2, 0.25) is 0 Å². The van der Waals surface area contributed by atoms with Gasteiger partial charge in [-0.1, -0.05) is 17.4 Å². The summed E-state index contributed by atoms with van der Waals surface area (Å²) in [5, 5.41) is 4.08. The minimum absolute atomic E-state index is 0.118. The molecule has 5 rings (SSSR count). The molecule has 4 aromatic rings. The molecule has 2 aromatic carbocycles. The number of rotatable bonds is 4. The number of carbonyl (C=O) groups is 1. The number of aromatic nitrogens is 2. The molecule has 1 amide bonds. The van der Waals surface area contributed by atoms with Crippen LogP contribution in [0.15, 0.2) is 67.0 Å². The fourth-order valence-electron chi connectivity index (χ4n) is 3.64. The Morgan fingerprint density at radius 1 is 1.00 bits per heavy atom. The molecule has 1 N–H and O–H groups in total. The van der Waals surface area contributed by atoms with E-state index in [9.17, 15) is 4.79 Å². The highest BCUT2D eigenvalue weighted by molar-refractivity contribution is 7.22. The molecule has 1 aliphatic heterocycles. The number of benzene rings is 2. The van der Waals surface area contributed by atoms with Gasteiger partial charge in [0.15, 0.2) is 5.13 Å². The summed E-state index contributed by atoms with van der Waals surface area (Å²) in [7, 11) is 2.15. The van der Waals surface area contributed by atoms with Gasteiger partial charge >= 0.3 is 0 Å². The lowest BCUT2D eigenvalue weighted by atomic mass is 10.2. The van der Waals surface area contributed by atoms with Crippen LogP contribution in [0.3, 0.4) is 0 Å². The van der Waals surface area contributed by atoms with Crippen molar-refractivity contribution < 1.29 is 4.79 Å². The normalized spacial score (nSPS) is 14.9. The topological polar surface area (TPSA) is 53.4 Å². The molecule has 152 valence electrons. The van der Waals surface area contributed by atoms with E-state index in [1.165, 1.54) is 0 Å². The van der Waals surface area contributed by atoms with Gasteiger partial charge in [0.1, 0.15) is 0 Å². The Balaban J connectivity index is 1.34. The van der Waals surface area contributed by atoms with Crippen molar-refractivity contribution in [3.8, 4) is 5.69 Å². The molecule has 7 heteroatoms. The highest BCUT2D eigenvalue weighted by Crippen LogP contribution is 2.31. The number of hydrogen-bond donors (Lipinski definition) is 1. The van der Waals surface area contributed by atoms with Crippen molar-refractivity contribution in [3.05, 3.63) is 72.6 Å². The second kappa shape index (κ2) is 7.93. The number of nitrogens with zero attached hydrogens (tertiary/aromatic N) is 4. The van der Waals surface area contributed by atoms with Crippen molar-refractivity contribution in [1.82, 2.24) is 14.5 Å². The van der Waals surface area contributed by atoms with Crippen LogP contribution in [0.5, 0.6) is 0 Å². The van der Waals surface area contributed by atoms with E-state index in [1.807, 2.05) is 71.6 Å². The SMILES string of the molecule is CN1CCN(c2nc3ccc(NC(=O)c4cccc(-n5cccc5)c4)cc3s2)CC1. The summed E-state index contributed by atoms with van der Waals surface area (Å²) in [5.41, 5.74) is 3.35. The minimum Gasteiger partial charge on any atom is -0.345 e. The molecule has 1 fully saturated rings. The third-order valence-electron chi connectivity index (χ3n) is 5.42. The molecule has 6 nitrogen and oxygen atoms in total. The quantitative estimate of drug-likeness (QED) is 0.543. The maximum atomic E-state index is 12.8. The fourth-order valence-corrected chi connectivity index (χ4v) is 4.70. The number of carbonyl (C=O) groups excluding carboxylic acids is 1. The smallest absolute Gasteiger partial charge is 0.255 e. The highest BCUT2D eigenvalue weighted by atomic mass is 32.1. The summed E-state index contributed by atoms with van der Waals surface area (Å²) < 4.78 is 3.07. The molecule has 30 heavy (non-hydrogen) atoms. The van der Waals surface area contributed by atoms with Crippen LogP contribution in [-0.2, 0) is 0 Å². The first-order valence-electron chi connectivity index (χ1n) is 10.0. The van der Waals surface area contributed by atoms with Gasteiger partial charge in [-0.05, 0) is 55.6 Å². The van der Waals surface area contributed by atoms with Gasteiger partial charge < -0.3 is 19.7 Å². The number of amides is 1. The molecule has 2 aromatic heterocycles. The average Bonchev–Trinajstić information content (AvgIpc) is 3.44. The van der Waals surface area contributed by atoms with E-state index in [1.54, 1.807) is 11.3 Å². The summed E-state index contributed by atoms with van der Waals surface area (Å²) in [4.78, 5) is 22.3. The summed E-state index contributed by atoms with van der Waals surface area (Å²) in [6.45, 7) is 4.11. The first-order chi connectivity index (χ1) is 14.7.